The molecule has 0 aromatic rings. The van der Waals surface area contributed by atoms with Crippen molar-refractivity contribution in [2.75, 3.05) is 0 Å². The van der Waals surface area contributed by atoms with E-state index in [1.807, 2.05) is 0 Å². The highest BCUT2D eigenvalue weighted by molar-refractivity contribution is 6.22. The monoisotopic (exact) mass is 124 g/mol. The van der Waals surface area contributed by atoms with E-state index in [0.29, 0.717) is 16.6 Å². The zero-order valence-corrected chi connectivity index (χ0v) is 6.25. The van der Waals surface area contributed by atoms with E-state index in [1.165, 1.54) is 0 Å². The summed E-state index contributed by atoms with van der Waals surface area (Å²) in [5.41, 5.74) is 0. The van der Waals surface area contributed by atoms with E-state index < -0.39 is 9.17 Å². The van der Waals surface area contributed by atoms with Gasteiger partial charge in [0.05, 0.1) is 0 Å². The van der Waals surface area contributed by atoms with E-state index in [1.54, 1.807) is 0 Å². The smallest absolute Gasteiger partial charge is 0.521 e. The molecule has 0 aromatic carbocycles. The molecular weight excluding hydrogens is 119 g/mol. The van der Waals surface area contributed by atoms with Gasteiger partial charge in [0.2, 0.25) is 0 Å². The van der Waals surface area contributed by atoms with Crippen LogP contribution in [-0.2, 0) is 4.46 Å². The van der Waals surface area contributed by atoms with E-state index in [4.69, 9.17) is 18.2 Å². The van der Waals surface area contributed by atoms with Crippen LogP contribution in [0.2, 0.25) is 0 Å². The molecule has 0 aliphatic rings. The van der Waals surface area contributed by atoms with E-state index in [0.717, 1.165) is 0 Å². The molecule has 0 saturated carbocycles. The largest absolute Gasteiger partial charge is 0.761 e. The third kappa shape index (κ3) is 3320. The summed E-state index contributed by atoms with van der Waals surface area (Å²) in [4.78, 5) is 14.3. The highest BCUT2D eigenvalue weighted by Gasteiger charge is 1.85. The fourth-order valence-electron chi connectivity index (χ4n) is 0. The molecule has 0 bridgehead atoms. The molecule has 4 nitrogen and oxygen atoms in total. The lowest BCUT2D eigenvalue weighted by atomic mass is 15.8. The lowest BCUT2D eigenvalue weighted by Gasteiger charge is -1.55. The van der Waals surface area contributed by atoms with Crippen LogP contribution in [0.25, 0.3) is 0 Å². The maximum Gasteiger partial charge on any atom is 0.761 e. The van der Waals surface area contributed by atoms with Crippen LogP contribution in [0.1, 0.15) is 0 Å². The van der Waals surface area contributed by atoms with Gasteiger partial charge >= 0.3 is 25.8 Å². The molecular formula is H5AlO4Si. The van der Waals surface area contributed by atoms with Crippen LogP contribution in [0.5, 0.6) is 0 Å². The average molecular weight is 124 g/mol. The fourth-order valence-corrected chi connectivity index (χ4v) is 0. The van der Waals surface area contributed by atoms with Gasteiger partial charge in [0, 0.05) is 0 Å². The van der Waals surface area contributed by atoms with Gasteiger partial charge in [0.1, 0.15) is 0 Å². The van der Waals surface area contributed by atoms with Crippen molar-refractivity contribution in [3.8, 4) is 0 Å². The van der Waals surface area contributed by atoms with Crippen molar-refractivity contribution in [2.45, 2.75) is 0 Å². The number of rotatable bonds is 0. The van der Waals surface area contributed by atoms with Gasteiger partial charge < -0.3 is 13.7 Å². The van der Waals surface area contributed by atoms with Crippen molar-refractivity contribution >= 4 is 25.8 Å². The Hall–Kier alpha value is 0.109. The fraction of sp³-hybridized carbons (Fsp3) is 0. The maximum absolute atomic E-state index is 8.74. The van der Waals surface area contributed by atoms with Crippen LogP contribution in [0.3, 0.4) is 0 Å². The second-order valence-electron chi connectivity index (χ2n) is 0.283. The summed E-state index contributed by atoms with van der Waals surface area (Å²) < 4.78 is 15.9. The molecule has 6 heavy (non-hydrogen) atoms. The second-order valence-corrected chi connectivity index (χ2v) is 0.848. The highest BCUT2D eigenvalue weighted by Crippen LogP contribution is 1.27. The molecule has 0 aliphatic carbocycles. The third-order valence-corrected chi connectivity index (χ3v) is 0. The van der Waals surface area contributed by atoms with Gasteiger partial charge in [-0.3, -0.25) is 4.46 Å². The second kappa shape index (κ2) is 8.92. The van der Waals surface area contributed by atoms with Gasteiger partial charge in [-0.15, -0.1) is 0 Å². The summed E-state index contributed by atoms with van der Waals surface area (Å²) >= 11 is 0.306. The Labute approximate surface area is 44.7 Å². The van der Waals surface area contributed by atoms with Gasteiger partial charge in [-0.05, 0) is 0 Å². The first-order chi connectivity index (χ1) is 2.73. The minimum Gasteiger partial charge on any atom is -0.521 e. The van der Waals surface area contributed by atoms with Gasteiger partial charge in [-0.2, -0.15) is 0 Å². The minimum atomic E-state index is -3.13. The first-order valence-electron chi connectivity index (χ1n) is 1.10. The SMILES string of the molecule is O=[Si](O)O.[OH][AlH2]. The Kier molecular flexibility index (Phi) is 14.0. The van der Waals surface area contributed by atoms with Crippen molar-refractivity contribution in [2.24, 2.45) is 0 Å². The molecule has 0 spiro atoms. The van der Waals surface area contributed by atoms with E-state index in [-0.39, 0.29) is 0 Å². The van der Waals surface area contributed by atoms with E-state index >= 15 is 0 Å². The summed E-state index contributed by atoms with van der Waals surface area (Å²) in [5.74, 6) is 0. The predicted octanol–water partition coefficient (Wildman–Crippen LogP) is -3.09. The molecule has 0 fully saturated rings. The third-order valence-electron chi connectivity index (χ3n) is 0. The zero-order valence-electron chi connectivity index (χ0n) is 3.25. The Bertz CT molecular complexity index is 30.5. The van der Waals surface area contributed by atoms with E-state index in [9.17, 15) is 0 Å². The molecule has 0 radical (unpaired) electrons. The molecule has 0 aliphatic heterocycles. The molecule has 0 aromatic heterocycles. The van der Waals surface area contributed by atoms with Crippen LogP contribution in [0.15, 0.2) is 0 Å². The standard InChI is InChI=1S/Al.H2O3Si.H2O.2H/c;1-4(2)3;;;/h;1-2H;1H2;;/q+1;;;;/p-1. The van der Waals surface area contributed by atoms with Crippen LogP contribution in [0, 0.1) is 0 Å². The molecule has 0 unspecified atom stereocenters. The molecule has 0 heterocycles. The van der Waals surface area contributed by atoms with Gasteiger partial charge in [-0.25, -0.2) is 0 Å². The normalized spacial score (nSPS) is 4.83. The summed E-state index contributed by atoms with van der Waals surface area (Å²) in [7, 11) is -3.13. The number of hydrogen-bond acceptors (Lipinski definition) is 2. The highest BCUT2D eigenvalue weighted by atomic mass is 28.3. The Balaban J connectivity index is 0. The Morgan fingerprint density at radius 2 is 1.33 bits per heavy atom. The number of hydrogen-bond donors (Lipinski definition) is 3. The van der Waals surface area contributed by atoms with E-state index in [2.05, 4.69) is 0 Å². The van der Waals surface area contributed by atoms with Crippen molar-refractivity contribution in [3.63, 3.8) is 0 Å². The Morgan fingerprint density at radius 1 is 1.33 bits per heavy atom. The molecule has 3 N–H and O–H groups in total. The summed E-state index contributed by atoms with van der Waals surface area (Å²) in [6, 6.07) is 0. The first kappa shape index (κ1) is 9.44. The van der Waals surface area contributed by atoms with Crippen LogP contribution < -0.4 is 0 Å². The lowest BCUT2D eigenvalue weighted by molar-refractivity contribution is 0.330. The molecule has 0 rings (SSSR count). The summed E-state index contributed by atoms with van der Waals surface area (Å²) in [5, 5.41) is 0. The van der Waals surface area contributed by atoms with Gasteiger partial charge in [0.15, 0.2) is 0 Å². The summed E-state index contributed by atoms with van der Waals surface area (Å²) in [6.07, 6.45) is 0. The summed E-state index contributed by atoms with van der Waals surface area (Å²) in [6.45, 7) is 0. The van der Waals surface area contributed by atoms with Crippen LogP contribution in [-0.4, -0.2) is 39.5 Å². The molecule has 0 atom stereocenters. The van der Waals surface area contributed by atoms with Crippen LogP contribution >= 0.6 is 0 Å². The predicted molar refractivity (Wildman–Crippen MR) is 21.6 cm³/mol. The molecule has 6 heteroatoms. The van der Waals surface area contributed by atoms with Crippen molar-refractivity contribution in [1.29, 1.82) is 0 Å². The van der Waals surface area contributed by atoms with Gasteiger partial charge in [0.25, 0.3) is 0 Å². The Morgan fingerprint density at radius 3 is 1.33 bits per heavy atom. The molecule has 0 amide bonds. The average Bonchev–Trinajstić information content (AvgIpc) is 1.41. The topological polar surface area (TPSA) is 77.8 Å². The first-order valence-corrected chi connectivity index (χ1v) is 3.30. The van der Waals surface area contributed by atoms with Gasteiger partial charge in [-0.1, -0.05) is 0 Å². The van der Waals surface area contributed by atoms with Crippen LogP contribution in [0.4, 0.5) is 0 Å². The van der Waals surface area contributed by atoms with Crippen molar-refractivity contribution in [1.82, 2.24) is 0 Å². The molecule has 0 saturated heterocycles. The quantitative estimate of drug-likeness (QED) is 0.299. The zero-order chi connectivity index (χ0) is 5.58. The lowest BCUT2D eigenvalue weighted by Crippen LogP contribution is -1.90. The van der Waals surface area contributed by atoms with Crippen molar-refractivity contribution in [3.05, 3.63) is 0 Å². The minimum absolute atomic E-state index is 0.306. The maximum atomic E-state index is 8.74. The molecule has 36 valence electrons. The van der Waals surface area contributed by atoms with Crippen molar-refractivity contribution < 1.29 is 18.2 Å².